The van der Waals surface area contributed by atoms with Gasteiger partial charge in [0.1, 0.15) is 10.8 Å². The molecule has 5 aromatic rings. The molecule has 7 nitrogen and oxygen atoms in total. The maximum atomic E-state index is 12.6. The lowest BCUT2D eigenvalue weighted by molar-refractivity contribution is 0.102. The van der Waals surface area contributed by atoms with Crippen molar-refractivity contribution in [3.05, 3.63) is 94.9 Å². The molecule has 0 saturated carbocycles. The summed E-state index contributed by atoms with van der Waals surface area (Å²) >= 11 is 2.80. The van der Waals surface area contributed by atoms with Gasteiger partial charge in [-0.3, -0.25) is 4.79 Å². The molecule has 1 amide bonds. The summed E-state index contributed by atoms with van der Waals surface area (Å²) in [4.78, 5) is 20.9. The Morgan fingerprint density at radius 2 is 1.63 bits per heavy atom. The summed E-state index contributed by atoms with van der Waals surface area (Å²) in [5, 5.41) is 12.9. The van der Waals surface area contributed by atoms with Gasteiger partial charge in [-0.1, -0.05) is 83.8 Å². The highest BCUT2D eigenvalue weighted by Crippen LogP contribution is 2.33. The number of nitrogens with one attached hydrogen (secondary N) is 2. The molecule has 0 unspecified atom stereocenters. The number of amides is 1. The van der Waals surface area contributed by atoms with Gasteiger partial charge in [-0.25, -0.2) is 4.98 Å². The van der Waals surface area contributed by atoms with E-state index in [0.29, 0.717) is 16.4 Å². The van der Waals surface area contributed by atoms with Crippen LogP contribution in [0.2, 0.25) is 0 Å². The van der Waals surface area contributed by atoms with Crippen LogP contribution in [0.25, 0.3) is 22.5 Å². The molecule has 174 valence electrons. The zero-order valence-corrected chi connectivity index (χ0v) is 20.4. The molecule has 0 bridgehead atoms. The number of anilines is 1. The Labute approximate surface area is 210 Å². The topological polar surface area (TPSA) is 92.8 Å². The molecule has 0 radical (unpaired) electrons. The van der Waals surface area contributed by atoms with E-state index in [1.807, 2.05) is 36.4 Å². The van der Waals surface area contributed by atoms with Gasteiger partial charge in [0.25, 0.3) is 5.91 Å². The van der Waals surface area contributed by atoms with Crippen LogP contribution in [0.3, 0.4) is 0 Å². The van der Waals surface area contributed by atoms with E-state index in [0.717, 1.165) is 38.4 Å². The van der Waals surface area contributed by atoms with Crippen LogP contribution in [0, 0.1) is 0 Å². The summed E-state index contributed by atoms with van der Waals surface area (Å²) in [6, 6.07) is 27.4. The molecule has 2 N–H and O–H groups in total. The average molecular weight is 500 g/mol. The van der Waals surface area contributed by atoms with E-state index < -0.39 is 0 Å². The molecular weight excluding hydrogens is 478 g/mol. The minimum absolute atomic E-state index is 0.292. The number of thioether (sulfide) groups is 1. The molecular formula is C26H21N5O2S2. The Morgan fingerprint density at radius 1 is 0.943 bits per heavy atom. The van der Waals surface area contributed by atoms with E-state index in [1.165, 1.54) is 23.1 Å². The van der Waals surface area contributed by atoms with Crippen LogP contribution in [0.5, 0.6) is 5.75 Å². The lowest BCUT2D eigenvalue weighted by Gasteiger charge is -2.03. The van der Waals surface area contributed by atoms with Gasteiger partial charge >= 0.3 is 0 Å². The summed E-state index contributed by atoms with van der Waals surface area (Å²) in [5.74, 6) is 0.977. The van der Waals surface area contributed by atoms with E-state index in [4.69, 9.17) is 9.72 Å². The lowest BCUT2D eigenvalue weighted by Crippen LogP contribution is -2.11. The normalized spacial score (nSPS) is 10.8. The number of aromatic nitrogens is 4. The highest BCUT2D eigenvalue weighted by molar-refractivity contribution is 7.98. The SMILES string of the molecule is COc1ccc(NC(=O)c2nnc(CSc3nc(-c4ccccc4)c(-c4ccccc4)[nH]3)s2)cc1. The lowest BCUT2D eigenvalue weighted by atomic mass is 10.1. The third kappa shape index (κ3) is 5.42. The molecule has 2 heterocycles. The third-order valence-corrected chi connectivity index (χ3v) is 7.12. The van der Waals surface area contributed by atoms with Gasteiger partial charge in [0.15, 0.2) is 5.16 Å². The van der Waals surface area contributed by atoms with Gasteiger partial charge in [-0.05, 0) is 24.3 Å². The number of benzene rings is 3. The van der Waals surface area contributed by atoms with Gasteiger partial charge in [0.05, 0.1) is 24.3 Å². The van der Waals surface area contributed by atoms with E-state index in [-0.39, 0.29) is 5.91 Å². The monoisotopic (exact) mass is 499 g/mol. The van der Waals surface area contributed by atoms with Crippen molar-refractivity contribution in [2.45, 2.75) is 10.9 Å². The maximum Gasteiger partial charge on any atom is 0.286 e. The predicted octanol–water partition coefficient (Wildman–Crippen LogP) is 6.15. The number of ether oxygens (including phenoxy) is 1. The molecule has 0 spiro atoms. The fraction of sp³-hybridized carbons (Fsp3) is 0.0769. The van der Waals surface area contributed by atoms with Crippen LogP contribution < -0.4 is 10.1 Å². The minimum atomic E-state index is -0.292. The Bertz CT molecular complexity index is 1360. The number of imidazole rings is 1. The first-order valence-corrected chi connectivity index (χ1v) is 12.6. The van der Waals surface area contributed by atoms with E-state index in [2.05, 4.69) is 44.8 Å². The number of rotatable bonds is 8. The van der Waals surface area contributed by atoms with Crippen molar-refractivity contribution in [2.24, 2.45) is 0 Å². The fourth-order valence-electron chi connectivity index (χ4n) is 3.43. The summed E-state index contributed by atoms with van der Waals surface area (Å²) in [5.41, 5.74) is 4.65. The number of hydrogen-bond donors (Lipinski definition) is 2. The van der Waals surface area contributed by atoms with Gasteiger partial charge in [-0.15, -0.1) is 10.2 Å². The number of H-pyrrole nitrogens is 1. The van der Waals surface area contributed by atoms with E-state index in [1.54, 1.807) is 31.4 Å². The highest BCUT2D eigenvalue weighted by atomic mass is 32.2. The molecule has 0 atom stereocenters. The summed E-state index contributed by atoms with van der Waals surface area (Å²) in [6.45, 7) is 0. The second-order valence-electron chi connectivity index (χ2n) is 7.47. The van der Waals surface area contributed by atoms with Crippen molar-refractivity contribution in [3.8, 4) is 28.3 Å². The molecule has 0 aliphatic carbocycles. The van der Waals surface area contributed by atoms with Crippen molar-refractivity contribution in [3.63, 3.8) is 0 Å². The maximum absolute atomic E-state index is 12.6. The van der Waals surface area contributed by atoms with E-state index >= 15 is 0 Å². The number of nitrogens with zero attached hydrogens (tertiary/aromatic N) is 3. The summed E-state index contributed by atoms with van der Waals surface area (Å²) in [7, 11) is 1.60. The third-order valence-electron chi connectivity index (χ3n) is 5.13. The van der Waals surface area contributed by atoms with Crippen LogP contribution in [0.15, 0.2) is 90.1 Å². The van der Waals surface area contributed by atoms with Crippen LogP contribution in [0.1, 0.15) is 14.8 Å². The second kappa shape index (κ2) is 10.5. The number of methoxy groups -OCH3 is 1. The van der Waals surface area contributed by atoms with Crippen LogP contribution in [-0.2, 0) is 5.75 Å². The molecule has 0 aliphatic rings. The van der Waals surface area contributed by atoms with Crippen molar-refractivity contribution in [1.29, 1.82) is 0 Å². The molecule has 3 aromatic carbocycles. The first-order chi connectivity index (χ1) is 17.2. The second-order valence-corrected chi connectivity index (χ2v) is 9.50. The molecule has 0 saturated heterocycles. The van der Waals surface area contributed by atoms with Crippen LogP contribution >= 0.6 is 23.1 Å². The van der Waals surface area contributed by atoms with Crippen molar-refractivity contribution >= 4 is 34.7 Å². The zero-order valence-electron chi connectivity index (χ0n) is 18.8. The number of aromatic amines is 1. The quantitative estimate of drug-likeness (QED) is 0.249. The number of carbonyl (C=O) groups excluding carboxylic acids is 1. The standard InChI is InChI=1S/C26H21N5O2S2/c1-33-20-14-12-19(13-15-20)27-24(32)25-31-30-21(35-25)16-34-26-28-22(17-8-4-2-5-9-17)23(29-26)18-10-6-3-7-11-18/h2-15H,16H2,1H3,(H,27,32)(H,28,29). The molecule has 5 rings (SSSR count). The Kier molecular flexibility index (Phi) is 6.87. The average Bonchev–Trinajstić information content (AvgIpc) is 3.57. The largest absolute Gasteiger partial charge is 0.497 e. The molecule has 0 fully saturated rings. The predicted molar refractivity (Wildman–Crippen MR) is 140 cm³/mol. The minimum Gasteiger partial charge on any atom is -0.497 e. The molecule has 9 heteroatoms. The summed E-state index contributed by atoms with van der Waals surface area (Å²) < 4.78 is 5.14. The number of carbonyl (C=O) groups is 1. The van der Waals surface area contributed by atoms with Gasteiger partial charge in [-0.2, -0.15) is 0 Å². The van der Waals surface area contributed by atoms with Crippen molar-refractivity contribution < 1.29 is 9.53 Å². The van der Waals surface area contributed by atoms with Crippen LogP contribution in [-0.4, -0.2) is 33.2 Å². The Morgan fingerprint density at radius 3 is 2.31 bits per heavy atom. The molecule has 35 heavy (non-hydrogen) atoms. The fourth-order valence-corrected chi connectivity index (χ4v) is 5.02. The van der Waals surface area contributed by atoms with Crippen LogP contribution in [0.4, 0.5) is 5.69 Å². The highest BCUT2D eigenvalue weighted by Gasteiger charge is 2.17. The number of hydrogen-bond acceptors (Lipinski definition) is 7. The Balaban J connectivity index is 1.29. The van der Waals surface area contributed by atoms with Gasteiger partial charge in [0, 0.05) is 16.8 Å². The zero-order chi connectivity index (χ0) is 24.0. The first kappa shape index (κ1) is 22.8. The van der Waals surface area contributed by atoms with Crippen molar-refractivity contribution in [2.75, 3.05) is 12.4 Å². The van der Waals surface area contributed by atoms with Gasteiger partial charge in [0.2, 0.25) is 5.01 Å². The Hall–Kier alpha value is -3.95. The van der Waals surface area contributed by atoms with Gasteiger partial charge < -0.3 is 15.0 Å². The smallest absolute Gasteiger partial charge is 0.286 e. The van der Waals surface area contributed by atoms with E-state index in [9.17, 15) is 4.79 Å². The van der Waals surface area contributed by atoms with Crippen molar-refractivity contribution in [1.82, 2.24) is 20.2 Å². The molecule has 2 aromatic heterocycles. The molecule has 0 aliphatic heterocycles. The summed E-state index contributed by atoms with van der Waals surface area (Å²) in [6.07, 6.45) is 0. The first-order valence-electron chi connectivity index (χ1n) is 10.8.